The second kappa shape index (κ2) is 5.73. The molecular weight excluding hydrogens is 232 g/mol. The number of nitrogens with zero attached hydrogens (tertiary/aromatic N) is 1. The van der Waals surface area contributed by atoms with Gasteiger partial charge in [0.25, 0.3) is 0 Å². The third-order valence-electron chi connectivity index (χ3n) is 5.79. The summed E-state index contributed by atoms with van der Waals surface area (Å²) < 4.78 is 0. The number of piperidine rings is 1. The van der Waals surface area contributed by atoms with Crippen LogP contribution < -0.4 is 5.32 Å². The van der Waals surface area contributed by atoms with Crippen LogP contribution in [0.4, 0.5) is 0 Å². The van der Waals surface area contributed by atoms with Gasteiger partial charge in [0.1, 0.15) is 0 Å². The topological polar surface area (TPSA) is 15.3 Å². The van der Waals surface area contributed by atoms with Crippen LogP contribution in [0.3, 0.4) is 0 Å². The summed E-state index contributed by atoms with van der Waals surface area (Å²) in [5, 5.41) is 3.83. The molecule has 0 amide bonds. The Morgan fingerprint density at radius 3 is 2.47 bits per heavy atom. The Labute approximate surface area is 119 Å². The summed E-state index contributed by atoms with van der Waals surface area (Å²) in [6.07, 6.45) is 11.5. The van der Waals surface area contributed by atoms with Crippen molar-refractivity contribution in [1.29, 1.82) is 0 Å². The van der Waals surface area contributed by atoms with Crippen molar-refractivity contribution in [2.24, 2.45) is 11.3 Å². The van der Waals surface area contributed by atoms with Gasteiger partial charge < -0.3 is 5.32 Å². The van der Waals surface area contributed by atoms with E-state index < -0.39 is 0 Å². The van der Waals surface area contributed by atoms with Crippen molar-refractivity contribution >= 4 is 0 Å². The quantitative estimate of drug-likeness (QED) is 0.818. The summed E-state index contributed by atoms with van der Waals surface area (Å²) in [5.41, 5.74) is 0.605. The first kappa shape index (κ1) is 13.9. The van der Waals surface area contributed by atoms with E-state index in [9.17, 15) is 0 Å². The van der Waals surface area contributed by atoms with Gasteiger partial charge in [-0.2, -0.15) is 0 Å². The molecule has 3 aliphatic rings. The molecular formula is C17H32N2. The van der Waals surface area contributed by atoms with Gasteiger partial charge in [0.2, 0.25) is 0 Å². The Morgan fingerprint density at radius 2 is 1.79 bits per heavy atom. The minimum absolute atomic E-state index is 0.605. The molecule has 1 N–H and O–H groups in total. The van der Waals surface area contributed by atoms with Crippen molar-refractivity contribution in [2.75, 3.05) is 19.6 Å². The van der Waals surface area contributed by atoms with Gasteiger partial charge in [-0.15, -0.1) is 0 Å². The van der Waals surface area contributed by atoms with Crippen LogP contribution in [0.5, 0.6) is 0 Å². The van der Waals surface area contributed by atoms with E-state index in [0.29, 0.717) is 5.41 Å². The predicted octanol–water partition coefficient (Wildman–Crippen LogP) is 3.42. The van der Waals surface area contributed by atoms with E-state index in [0.717, 1.165) is 18.0 Å². The highest BCUT2D eigenvalue weighted by Crippen LogP contribution is 2.40. The molecule has 19 heavy (non-hydrogen) atoms. The molecule has 110 valence electrons. The fourth-order valence-electron chi connectivity index (χ4n) is 4.20. The summed E-state index contributed by atoms with van der Waals surface area (Å²) in [6.45, 7) is 8.87. The first-order valence-corrected chi connectivity index (χ1v) is 8.64. The Bertz CT molecular complexity index is 292. The summed E-state index contributed by atoms with van der Waals surface area (Å²) in [5.74, 6) is 0.908. The molecule has 2 nitrogen and oxygen atoms in total. The molecule has 2 atom stereocenters. The minimum Gasteiger partial charge on any atom is -0.313 e. The van der Waals surface area contributed by atoms with E-state index in [-0.39, 0.29) is 0 Å². The third-order valence-corrected chi connectivity index (χ3v) is 5.79. The van der Waals surface area contributed by atoms with Crippen LogP contribution in [0.2, 0.25) is 0 Å². The number of nitrogens with one attached hydrogen (secondary N) is 1. The predicted molar refractivity (Wildman–Crippen MR) is 81.4 cm³/mol. The van der Waals surface area contributed by atoms with E-state index in [1.807, 2.05) is 0 Å². The normalized spacial score (nSPS) is 35.7. The maximum Gasteiger partial charge on any atom is 0.00684 e. The van der Waals surface area contributed by atoms with Gasteiger partial charge in [0.15, 0.2) is 0 Å². The zero-order chi connectivity index (χ0) is 13.3. The van der Waals surface area contributed by atoms with Gasteiger partial charge in [-0.25, -0.2) is 0 Å². The van der Waals surface area contributed by atoms with Crippen LogP contribution in [0.25, 0.3) is 0 Å². The first-order chi connectivity index (χ1) is 9.17. The van der Waals surface area contributed by atoms with Gasteiger partial charge in [-0.1, -0.05) is 19.8 Å². The minimum atomic E-state index is 0.605. The van der Waals surface area contributed by atoms with E-state index in [4.69, 9.17) is 0 Å². The average molecular weight is 264 g/mol. The molecule has 3 rings (SSSR count). The lowest BCUT2D eigenvalue weighted by Gasteiger charge is -2.43. The van der Waals surface area contributed by atoms with Crippen molar-refractivity contribution in [1.82, 2.24) is 10.2 Å². The van der Waals surface area contributed by atoms with Crippen LogP contribution in [0.15, 0.2) is 0 Å². The number of hydrogen-bond donors (Lipinski definition) is 1. The molecule has 0 aromatic heterocycles. The molecule has 3 fully saturated rings. The monoisotopic (exact) mass is 264 g/mol. The molecule has 0 aromatic carbocycles. The second-order valence-corrected chi connectivity index (χ2v) is 7.82. The second-order valence-electron chi connectivity index (χ2n) is 7.82. The number of hydrogen-bond acceptors (Lipinski definition) is 2. The molecule has 0 radical (unpaired) electrons. The molecule has 1 saturated heterocycles. The summed E-state index contributed by atoms with van der Waals surface area (Å²) in [4.78, 5) is 2.81. The number of likely N-dealkylation sites (tertiary alicyclic amines) is 1. The Morgan fingerprint density at radius 1 is 1.05 bits per heavy atom. The van der Waals surface area contributed by atoms with Gasteiger partial charge in [0.05, 0.1) is 0 Å². The van der Waals surface area contributed by atoms with Crippen molar-refractivity contribution in [3.8, 4) is 0 Å². The molecule has 0 spiro atoms. The molecule has 1 heterocycles. The highest BCUT2D eigenvalue weighted by atomic mass is 15.2. The summed E-state index contributed by atoms with van der Waals surface area (Å²) in [6, 6.07) is 1.68. The smallest absolute Gasteiger partial charge is 0.00684 e. The van der Waals surface area contributed by atoms with E-state index in [1.165, 1.54) is 71.0 Å². The Kier molecular flexibility index (Phi) is 4.19. The Balaban J connectivity index is 1.59. The maximum absolute atomic E-state index is 3.83. The van der Waals surface area contributed by atoms with Crippen molar-refractivity contribution in [3.63, 3.8) is 0 Å². The fraction of sp³-hybridized carbons (Fsp3) is 1.00. The van der Waals surface area contributed by atoms with Crippen molar-refractivity contribution in [2.45, 2.75) is 77.3 Å². The van der Waals surface area contributed by atoms with Crippen LogP contribution in [-0.2, 0) is 0 Å². The van der Waals surface area contributed by atoms with Crippen molar-refractivity contribution < 1.29 is 0 Å². The number of rotatable bonds is 5. The molecule has 1 aliphatic heterocycles. The fourth-order valence-corrected chi connectivity index (χ4v) is 4.20. The van der Waals surface area contributed by atoms with E-state index in [2.05, 4.69) is 24.1 Å². The zero-order valence-electron chi connectivity index (χ0n) is 13.0. The molecule has 2 heteroatoms. The van der Waals surface area contributed by atoms with Crippen LogP contribution in [0, 0.1) is 11.3 Å². The zero-order valence-corrected chi connectivity index (χ0v) is 13.0. The first-order valence-electron chi connectivity index (χ1n) is 8.64. The lowest BCUT2D eigenvalue weighted by atomic mass is 9.83. The van der Waals surface area contributed by atoms with Gasteiger partial charge in [-0.05, 0) is 56.8 Å². The summed E-state index contributed by atoms with van der Waals surface area (Å²) >= 11 is 0. The molecule has 2 aliphatic carbocycles. The highest BCUT2D eigenvalue weighted by molar-refractivity contribution is 4.94. The van der Waals surface area contributed by atoms with Crippen LogP contribution in [-0.4, -0.2) is 36.6 Å². The molecule has 2 unspecified atom stereocenters. The molecule has 0 bridgehead atoms. The maximum atomic E-state index is 3.83. The molecule has 0 aromatic rings. The Hall–Kier alpha value is -0.0800. The van der Waals surface area contributed by atoms with Gasteiger partial charge in [0, 0.05) is 31.7 Å². The summed E-state index contributed by atoms with van der Waals surface area (Å²) in [7, 11) is 0. The lowest BCUT2D eigenvalue weighted by molar-refractivity contribution is 0.0673. The largest absolute Gasteiger partial charge is 0.313 e. The van der Waals surface area contributed by atoms with Crippen molar-refractivity contribution in [3.05, 3.63) is 0 Å². The highest BCUT2D eigenvalue weighted by Gasteiger charge is 2.38. The standard InChI is InChI=1S/C17H32N2/c1-14-5-6-15(2)19(11-14)13-17(9-3-4-10-17)12-18-16-7-8-16/h14-16,18H,3-13H2,1-2H3. The van der Waals surface area contributed by atoms with E-state index >= 15 is 0 Å². The van der Waals surface area contributed by atoms with Crippen LogP contribution >= 0.6 is 0 Å². The average Bonchev–Trinajstić information content (AvgIpc) is 3.12. The lowest BCUT2D eigenvalue weighted by Crippen LogP contribution is -2.49. The third kappa shape index (κ3) is 3.52. The van der Waals surface area contributed by atoms with Gasteiger partial charge in [-0.3, -0.25) is 4.90 Å². The van der Waals surface area contributed by atoms with Gasteiger partial charge >= 0.3 is 0 Å². The SMILES string of the molecule is CC1CCC(C)N(CC2(CNC3CC3)CCCC2)C1. The molecule has 2 saturated carbocycles. The van der Waals surface area contributed by atoms with Crippen LogP contribution in [0.1, 0.15) is 65.2 Å². The van der Waals surface area contributed by atoms with E-state index in [1.54, 1.807) is 0 Å².